The summed E-state index contributed by atoms with van der Waals surface area (Å²) in [6, 6.07) is 0. The van der Waals surface area contributed by atoms with Gasteiger partial charge in [-0.15, -0.1) is 6.08 Å². The van der Waals surface area contributed by atoms with Crippen LogP contribution in [-0.2, 0) is 4.79 Å². The average molecular weight is 139 g/mol. The Morgan fingerprint density at radius 3 is 2.80 bits per heavy atom. The predicted octanol–water partition coefficient (Wildman–Crippen LogP) is 0.126. The van der Waals surface area contributed by atoms with E-state index >= 15 is 0 Å². The molecule has 10 heavy (non-hydrogen) atoms. The van der Waals surface area contributed by atoms with Crippen LogP contribution in [0, 0.1) is 11.8 Å². The second-order valence-electron chi connectivity index (χ2n) is 2.82. The van der Waals surface area contributed by atoms with Crippen LogP contribution in [0.25, 0.3) is 0 Å². The Balaban J connectivity index is 2.67. The Morgan fingerprint density at radius 1 is 1.70 bits per heavy atom. The molecule has 56 valence electrons. The number of aldehydes is 1. The normalized spacial score (nSPS) is 39.6. The average Bonchev–Trinajstić information content (AvgIpc) is 1.88. The highest BCUT2D eigenvalue weighted by molar-refractivity contribution is 5.56. The van der Waals surface area contributed by atoms with Crippen molar-refractivity contribution in [3.05, 3.63) is 12.2 Å². The van der Waals surface area contributed by atoms with Gasteiger partial charge in [-0.05, 0) is 12.3 Å². The van der Waals surface area contributed by atoms with Crippen LogP contribution in [0.1, 0.15) is 13.3 Å². The lowest BCUT2D eigenvalue weighted by Crippen LogP contribution is -2.38. The topological polar surface area (TPSA) is 40.1 Å². The predicted molar refractivity (Wildman–Crippen MR) is 36.3 cm³/mol. The van der Waals surface area contributed by atoms with E-state index in [0.717, 1.165) is 12.7 Å². The molecule has 1 aliphatic rings. The van der Waals surface area contributed by atoms with Crippen LogP contribution in [0.15, 0.2) is 12.2 Å². The van der Waals surface area contributed by atoms with E-state index in [-0.39, 0.29) is 11.8 Å². The molecular weight excluding hydrogens is 128 g/mol. The van der Waals surface area contributed by atoms with Crippen LogP contribution >= 0.6 is 0 Å². The molecule has 3 atom stereocenters. The van der Waals surface area contributed by atoms with E-state index in [4.69, 9.17) is 0 Å². The van der Waals surface area contributed by atoms with E-state index in [9.17, 15) is 9.90 Å². The first kappa shape index (κ1) is 7.48. The minimum absolute atomic E-state index is 0.227. The third kappa shape index (κ3) is 1.27. The van der Waals surface area contributed by atoms with Gasteiger partial charge in [0.15, 0.2) is 0 Å². The van der Waals surface area contributed by atoms with Crippen molar-refractivity contribution in [2.45, 2.75) is 19.4 Å². The van der Waals surface area contributed by atoms with E-state index in [1.807, 2.05) is 13.0 Å². The zero-order valence-electron chi connectivity index (χ0n) is 5.99. The van der Waals surface area contributed by atoms with Crippen molar-refractivity contribution < 1.29 is 9.90 Å². The first-order chi connectivity index (χ1) is 4.75. The van der Waals surface area contributed by atoms with Crippen LogP contribution < -0.4 is 5.11 Å². The fourth-order valence-corrected chi connectivity index (χ4v) is 1.25. The molecule has 0 heterocycles. The van der Waals surface area contributed by atoms with Crippen LogP contribution in [-0.4, -0.2) is 12.4 Å². The third-order valence-corrected chi connectivity index (χ3v) is 2.03. The summed E-state index contributed by atoms with van der Waals surface area (Å²) in [7, 11) is 0. The van der Waals surface area contributed by atoms with Crippen LogP contribution in [0.4, 0.5) is 0 Å². The summed E-state index contributed by atoms with van der Waals surface area (Å²) >= 11 is 0. The van der Waals surface area contributed by atoms with Crippen LogP contribution in [0.2, 0.25) is 0 Å². The SMILES string of the molecule is CC1CC=CC([O-])C1C=O. The molecule has 0 N–H and O–H groups in total. The monoisotopic (exact) mass is 139 g/mol. The second kappa shape index (κ2) is 2.97. The van der Waals surface area contributed by atoms with Gasteiger partial charge >= 0.3 is 0 Å². The maximum Gasteiger partial charge on any atom is 0.122 e. The van der Waals surface area contributed by atoms with E-state index in [1.165, 1.54) is 0 Å². The standard InChI is InChI=1S/C8H11O2/c1-6-3-2-4-8(10)7(6)5-9/h2,4-8H,3H2,1H3/q-1. The van der Waals surface area contributed by atoms with E-state index < -0.39 is 6.10 Å². The van der Waals surface area contributed by atoms with Crippen molar-refractivity contribution >= 4 is 6.29 Å². The molecule has 2 nitrogen and oxygen atoms in total. The molecule has 0 aromatic heterocycles. The number of carbonyl (C=O) groups is 1. The van der Waals surface area contributed by atoms with Crippen molar-refractivity contribution in [1.82, 2.24) is 0 Å². The van der Waals surface area contributed by atoms with Crippen molar-refractivity contribution in [2.75, 3.05) is 0 Å². The molecule has 0 fully saturated rings. The van der Waals surface area contributed by atoms with Crippen molar-refractivity contribution in [3.8, 4) is 0 Å². The number of hydrogen-bond acceptors (Lipinski definition) is 2. The number of hydrogen-bond donors (Lipinski definition) is 0. The van der Waals surface area contributed by atoms with E-state index in [2.05, 4.69) is 0 Å². The van der Waals surface area contributed by atoms with Gasteiger partial charge in [-0.2, -0.15) is 0 Å². The van der Waals surface area contributed by atoms with Gasteiger partial charge in [-0.25, -0.2) is 0 Å². The number of rotatable bonds is 1. The lowest BCUT2D eigenvalue weighted by atomic mass is 9.84. The first-order valence-electron chi connectivity index (χ1n) is 3.53. The summed E-state index contributed by atoms with van der Waals surface area (Å²) in [4.78, 5) is 10.3. The minimum atomic E-state index is -0.804. The van der Waals surface area contributed by atoms with Gasteiger partial charge in [0.1, 0.15) is 6.29 Å². The minimum Gasteiger partial charge on any atom is -0.848 e. The van der Waals surface area contributed by atoms with Gasteiger partial charge < -0.3 is 9.90 Å². The van der Waals surface area contributed by atoms with Crippen LogP contribution in [0.5, 0.6) is 0 Å². The number of allylic oxidation sites excluding steroid dienone is 1. The molecule has 0 bridgehead atoms. The van der Waals surface area contributed by atoms with Crippen LogP contribution in [0.3, 0.4) is 0 Å². The molecule has 3 unspecified atom stereocenters. The van der Waals surface area contributed by atoms with Gasteiger partial charge in [-0.1, -0.05) is 19.1 Å². The number of carbonyl (C=O) groups excluding carboxylic acids is 1. The molecule has 1 rings (SSSR count). The first-order valence-corrected chi connectivity index (χ1v) is 3.53. The smallest absolute Gasteiger partial charge is 0.122 e. The Hall–Kier alpha value is -0.630. The lowest BCUT2D eigenvalue weighted by molar-refractivity contribution is -0.415. The molecule has 0 spiro atoms. The Labute approximate surface area is 60.6 Å². The summed E-state index contributed by atoms with van der Waals surface area (Å²) in [6.45, 7) is 1.94. The summed E-state index contributed by atoms with van der Waals surface area (Å²) in [5.74, 6) is -0.0741. The van der Waals surface area contributed by atoms with Crippen molar-refractivity contribution in [1.29, 1.82) is 0 Å². The maximum atomic E-state index is 11.0. The Bertz CT molecular complexity index is 151. The second-order valence-corrected chi connectivity index (χ2v) is 2.82. The third-order valence-electron chi connectivity index (χ3n) is 2.03. The largest absolute Gasteiger partial charge is 0.848 e. The molecule has 0 aromatic rings. The molecule has 2 heteroatoms. The maximum absolute atomic E-state index is 11.0. The summed E-state index contributed by atoms with van der Waals surface area (Å²) in [6.07, 6.45) is 4.29. The van der Waals surface area contributed by atoms with E-state index in [0.29, 0.717) is 0 Å². The molecule has 0 amide bonds. The summed E-state index contributed by atoms with van der Waals surface area (Å²) in [5, 5.41) is 11.0. The highest BCUT2D eigenvalue weighted by atomic mass is 16.3. The Kier molecular flexibility index (Phi) is 2.22. The summed E-state index contributed by atoms with van der Waals surface area (Å²) < 4.78 is 0. The zero-order valence-corrected chi connectivity index (χ0v) is 5.99. The molecule has 0 aromatic carbocycles. The molecule has 1 aliphatic carbocycles. The lowest BCUT2D eigenvalue weighted by Gasteiger charge is -2.32. The van der Waals surface area contributed by atoms with Gasteiger partial charge in [0.2, 0.25) is 0 Å². The molecule has 0 saturated carbocycles. The van der Waals surface area contributed by atoms with Gasteiger partial charge in [-0.3, -0.25) is 0 Å². The fourth-order valence-electron chi connectivity index (χ4n) is 1.25. The molecule has 0 aliphatic heterocycles. The molecular formula is C8H11O2-. The van der Waals surface area contributed by atoms with Crippen molar-refractivity contribution in [2.24, 2.45) is 11.8 Å². The quantitative estimate of drug-likeness (QED) is 0.382. The highest BCUT2D eigenvalue weighted by Crippen LogP contribution is 2.21. The highest BCUT2D eigenvalue weighted by Gasteiger charge is 2.19. The summed E-state index contributed by atoms with van der Waals surface area (Å²) in [5.41, 5.74) is 0. The fraction of sp³-hybridized carbons (Fsp3) is 0.625. The van der Waals surface area contributed by atoms with Gasteiger partial charge in [0, 0.05) is 5.92 Å². The Morgan fingerprint density at radius 2 is 2.40 bits per heavy atom. The van der Waals surface area contributed by atoms with Gasteiger partial charge in [0.05, 0.1) is 0 Å². The zero-order chi connectivity index (χ0) is 7.56. The molecule has 0 radical (unpaired) electrons. The van der Waals surface area contributed by atoms with Gasteiger partial charge in [0.25, 0.3) is 0 Å². The van der Waals surface area contributed by atoms with E-state index in [1.54, 1.807) is 6.08 Å². The molecule has 0 saturated heterocycles. The van der Waals surface area contributed by atoms with Crippen molar-refractivity contribution in [3.63, 3.8) is 0 Å².